The first kappa shape index (κ1) is 23.0. The second kappa shape index (κ2) is 10.6. The monoisotopic (exact) mass is 514 g/mol. The molecule has 2 aromatic rings. The van der Waals surface area contributed by atoms with Crippen molar-refractivity contribution in [3.63, 3.8) is 0 Å². The predicted octanol–water partition coefficient (Wildman–Crippen LogP) is 6.00. The molecule has 1 N–H and O–H groups in total. The smallest absolute Gasteiger partial charge is 0.248 e. The molecule has 160 valence electrons. The van der Waals surface area contributed by atoms with Crippen LogP contribution in [0.5, 0.6) is 0 Å². The Morgan fingerprint density at radius 1 is 1.13 bits per heavy atom. The molecule has 0 unspecified atom stereocenters. The van der Waals surface area contributed by atoms with Crippen molar-refractivity contribution in [2.24, 2.45) is 0 Å². The molecule has 0 aromatic heterocycles. The molecule has 30 heavy (non-hydrogen) atoms. The summed E-state index contributed by atoms with van der Waals surface area (Å²) in [6.45, 7) is 0. The van der Waals surface area contributed by atoms with E-state index in [0.29, 0.717) is 15.1 Å². The number of hydrogen-bond donors (Lipinski definition) is 1. The summed E-state index contributed by atoms with van der Waals surface area (Å²) in [5.74, 6) is -1.97. The Bertz CT molecular complexity index is 905. The van der Waals surface area contributed by atoms with Gasteiger partial charge in [-0.3, -0.25) is 14.5 Å². The summed E-state index contributed by atoms with van der Waals surface area (Å²) in [7, 11) is 0. The maximum Gasteiger partial charge on any atom is 0.248 e. The van der Waals surface area contributed by atoms with Gasteiger partial charge in [0.05, 0.1) is 5.69 Å². The van der Waals surface area contributed by atoms with Crippen molar-refractivity contribution in [1.82, 2.24) is 5.32 Å². The third kappa shape index (κ3) is 5.54. The van der Waals surface area contributed by atoms with Crippen molar-refractivity contribution in [3.8, 4) is 0 Å². The molecule has 0 bridgehead atoms. The molecule has 0 spiro atoms. The summed E-state index contributed by atoms with van der Waals surface area (Å²) in [6.07, 6.45) is 5.00. The zero-order chi connectivity index (χ0) is 21.7. The second-order valence-electron chi connectivity index (χ2n) is 7.29. The minimum absolute atomic E-state index is 0.0115. The summed E-state index contributed by atoms with van der Waals surface area (Å²) in [4.78, 5) is 27.4. The summed E-state index contributed by atoms with van der Waals surface area (Å²) in [5, 5.41) is 3.55. The highest BCUT2D eigenvalue weighted by Gasteiger charge is 2.35. The average Bonchev–Trinajstić information content (AvgIpc) is 2.73. The van der Waals surface area contributed by atoms with E-state index < -0.39 is 23.6 Å². The molecule has 0 aliphatic heterocycles. The van der Waals surface area contributed by atoms with E-state index in [9.17, 15) is 14.0 Å². The second-order valence-corrected chi connectivity index (χ2v) is 8.91. The largest absolute Gasteiger partial charge is 0.351 e. The molecule has 1 aliphatic rings. The Hall–Kier alpha value is -1.63. The van der Waals surface area contributed by atoms with Crippen molar-refractivity contribution in [1.29, 1.82) is 0 Å². The Morgan fingerprint density at radius 3 is 2.40 bits per heavy atom. The van der Waals surface area contributed by atoms with Crippen LogP contribution in [0.2, 0.25) is 5.02 Å². The lowest BCUT2D eigenvalue weighted by Gasteiger charge is -2.33. The minimum atomic E-state index is -1.08. The molecular weight excluding hydrogens is 494 g/mol. The van der Waals surface area contributed by atoms with Gasteiger partial charge in [-0.1, -0.05) is 58.9 Å². The Labute approximate surface area is 193 Å². The van der Waals surface area contributed by atoms with E-state index in [1.165, 1.54) is 12.1 Å². The van der Waals surface area contributed by atoms with Crippen LogP contribution in [0.15, 0.2) is 46.9 Å². The number of alkyl halides is 1. The molecule has 1 fully saturated rings. The van der Waals surface area contributed by atoms with Crippen molar-refractivity contribution in [2.45, 2.75) is 44.2 Å². The van der Waals surface area contributed by atoms with Gasteiger partial charge in [-0.15, -0.1) is 11.6 Å². The van der Waals surface area contributed by atoms with Crippen molar-refractivity contribution >= 4 is 56.6 Å². The lowest BCUT2D eigenvalue weighted by Crippen LogP contribution is -2.48. The van der Waals surface area contributed by atoms with Crippen LogP contribution >= 0.6 is 39.1 Å². The number of halogens is 4. The summed E-state index contributed by atoms with van der Waals surface area (Å²) >= 11 is 15.1. The Kier molecular flexibility index (Phi) is 8.14. The molecule has 1 atom stereocenters. The van der Waals surface area contributed by atoms with E-state index in [0.717, 1.165) is 37.0 Å². The van der Waals surface area contributed by atoms with Gasteiger partial charge in [0, 0.05) is 15.5 Å². The molecule has 0 radical (unpaired) electrons. The third-order valence-corrected chi connectivity index (χ3v) is 6.17. The lowest BCUT2D eigenvalue weighted by molar-refractivity contribution is -0.126. The van der Waals surface area contributed by atoms with Gasteiger partial charge in [-0.25, -0.2) is 4.39 Å². The third-order valence-electron chi connectivity index (χ3n) is 5.20. The molecule has 1 aliphatic carbocycles. The maximum atomic E-state index is 14.8. The Balaban J connectivity index is 2.05. The van der Waals surface area contributed by atoms with Gasteiger partial charge in [-0.2, -0.15) is 0 Å². The average molecular weight is 516 g/mol. The van der Waals surface area contributed by atoms with Gasteiger partial charge in [0.2, 0.25) is 11.8 Å². The Morgan fingerprint density at radius 2 is 1.80 bits per heavy atom. The van der Waals surface area contributed by atoms with E-state index >= 15 is 0 Å². The van der Waals surface area contributed by atoms with Crippen LogP contribution in [-0.2, 0) is 9.59 Å². The van der Waals surface area contributed by atoms with Gasteiger partial charge in [0.25, 0.3) is 0 Å². The fourth-order valence-electron chi connectivity index (χ4n) is 3.75. The fourth-order valence-corrected chi connectivity index (χ4v) is 4.34. The highest BCUT2D eigenvalue weighted by Crippen LogP contribution is 2.33. The van der Waals surface area contributed by atoms with Crippen LogP contribution in [-0.4, -0.2) is 23.7 Å². The van der Waals surface area contributed by atoms with Crippen LogP contribution in [0.25, 0.3) is 0 Å². The van der Waals surface area contributed by atoms with Gasteiger partial charge in [-0.05, 0) is 48.7 Å². The SMILES string of the molecule is O=C(NC1CCCCC1)[C@@H](c1ccc(Cl)cc1)N(C(=O)CCl)c1ccc(Br)cc1F. The van der Waals surface area contributed by atoms with Crippen molar-refractivity contribution < 1.29 is 14.0 Å². The number of nitrogens with zero attached hydrogens (tertiary/aromatic N) is 1. The number of hydrogen-bond acceptors (Lipinski definition) is 2. The maximum absolute atomic E-state index is 14.8. The van der Waals surface area contributed by atoms with Crippen LogP contribution < -0.4 is 10.2 Å². The molecule has 2 amide bonds. The number of carbonyl (C=O) groups is 2. The van der Waals surface area contributed by atoms with Gasteiger partial charge in [0.15, 0.2) is 0 Å². The van der Waals surface area contributed by atoms with Gasteiger partial charge >= 0.3 is 0 Å². The normalized spacial score (nSPS) is 15.5. The minimum Gasteiger partial charge on any atom is -0.351 e. The number of benzene rings is 2. The molecule has 3 rings (SSSR count). The van der Waals surface area contributed by atoms with E-state index in [-0.39, 0.29) is 17.6 Å². The first-order valence-electron chi connectivity index (χ1n) is 9.79. The first-order valence-corrected chi connectivity index (χ1v) is 11.5. The molecule has 0 heterocycles. The number of anilines is 1. The van der Waals surface area contributed by atoms with Gasteiger partial charge in [0.1, 0.15) is 17.7 Å². The molecule has 0 saturated heterocycles. The standard InChI is InChI=1S/C22H22BrCl2FN2O2/c23-15-8-11-19(18(26)12-15)28(20(29)13-24)21(14-6-9-16(25)10-7-14)22(30)27-17-4-2-1-3-5-17/h6-12,17,21H,1-5,13H2,(H,27,30)/t21-/m1/s1. The topological polar surface area (TPSA) is 49.4 Å². The summed E-state index contributed by atoms with van der Waals surface area (Å²) in [6, 6.07) is 9.89. The highest BCUT2D eigenvalue weighted by atomic mass is 79.9. The molecule has 4 nitrogen and oxygen atoms in total. The van der Waals surface area contributed by atoms with Crippen LogP contribution in [0.1, 0.15) is 43.7 Å². The first-order chi connectivity index (χ1) is 14.4. The summed E-state index contributed by atoms with van der Waals surface area (Å²) in [5.41, 5.74) is 0.510. The predicted molar refractivity (Wildman–Crippen MR) is 122 cm³/mol. The van der Waals surface area contributed by atoms with Crippen molar-refractivity contribution in [2.75, 3.05) is 10.8 Å². The zero-order valence-electron chi connectivity index (χ0n) is 16.2. The number of nitrogens with one attached hydrogen (secondary N) is 1. The summed E-state index contributed by atoms with van der Waals surface area (Å²) < 4.78 is 15.4. The number of amides is 2. The van der Waals surface area contributed by atoms with E-state index in [1.54, 1.807) is 30.3 Å². The molecule has 8 heteroatoms. The van der Waals surface area contributed by atoms with Crippen molar-refractivity contribution in [3.05, 3.63) is 63.3 Å². The zero-order valence-corrected chi connectivity index (χ0v) is 19.3. The molecular formula is C22H22BrCl2FN2O2. The van der Waals surface area contributed by atoms with E-state index in [1.807, 2.05) is 0 Å². The van der Waals surface area contributed by atoms with Gasteiger partial charge < -0.3 is 5.32 Å². The lowest BCUT2D eigenvalue weighted by atomic mass is 9.94. The number of rotatable bonds is 6. The highest BCUT2D eigenvalue weighted by molar-refractivity contribution is 9.10. The quantitative estimate of drug-likeness (QED) is 0.479. The van der Waals surface area contributed by atoms with E-state index in [4.69, 9.17) is 23.2 Å². The molecule has 2 aromatic carbocycles. The number of carbonyl (C=O) groups excluding carboxylic acids is 2. The fraction of sp³-hybridized carbons (Fsp3) is 0.364. The molecule has 1 saturated carbocycles. The van der Waals surface area contributed by atoms with Crippen LogP contribution in [0.3, 0.4) is 0 Å². The van der Waals surface area contributed by atoms with Crippen LogP contribution in [0, 0.1) is 5.82 Å². The van der Waals surface area contributed by atoms with E-state index in [2.05, 4.69) is 21.2 Å². The van der Waals surface area contributed by atoms with Crippen LogP contribution in [0.4, 0.5) is 10.1 Å².